The number of pyridine rings is 2. The van der Waals surface area contributed by atoms with Crippen LogP contribution in [0.3, 0.4) is 0 Å². The Morgan fingerprint density at radius 3 is 2.69 bits per heavy atom. The van der Waals surface area contributed by atoms with Gasteiger partial charge in [0.05, 0.1) is 17.8 Å². The van der Waals surface area contributed by atoms with E-state index in [-0.39, 0.29) is 0 Å². The summed E-state index contributed by atoms with van der Waals surface area (Å²) >= 11 is 0. The average Bonchev–Trinajstić information content (AvgIpc) is 2.84. The lowest BCUT2D eigenvalue weighted by atomic mass is 9.93. The molecule has 0 bridgehead atoms. The molecule has 5 heteroatoms. The molecule has 3 heterocycles. The summed E-state index contributed by atoms with van der Waals surface area (Å²) in [6.07, 6.45) is 8.69. The van der Waals surface area contributed by atoms with Gasteiger partial charge in [-0.05, 0) is 62.6 Å². The Labute approximate surface area is 191 Å². The number of aromatic nitrogens is 2. The summed E-state index contributed by atoms with van der Waals surface area (Å²) in [5.74, 6) is 2.32. The van der Waals surface area contributed by atoms with Crippen LogP contribution in [0.1, 0.15) is 55.8 Å². The van der Waals surface area contributed by atoms with Crippen molar-refractivity contribution in [1.29, 1.82) is 0 Å². The molecule has 0 spiro atoms. The van der Waals surface area contributed by atoms with Gasteiger partial charge < -0.3 is 14.2 Å². The molecule has 0 unspecified atom stereocenters. The number of unbranched alkanes of at least 4 members (excludes halogenated alkanes) is 1. The molecule has 3 aromatic rings. The predicted molar refractivity (Wildman–Crippen MR) is 127 cm³/mol. The highest BCUT2D eigenvalue weighted by Crippen LogP contribution is 2.31. The third-order valence-corrected chi connectivity index (χ3v) is 6.26. The van der Waals surface area contributed by atoms with Crippen molar-refractivity contribution in [3.8, 4) is 11.6 Å². The van der Waals surface area contributed by atoms with Crippen LogP contribution in [0.5, 0.6) is 11.6 Å². The van der Waals surface area contributed by atoms with Gasteiger partial charge in [0.15, 0.2) is 0 Å². The maximum atomic E-state index is 6.16. The van der Waals surface area contributed by atoms with E-state index < -0.39 is 0 Å². The SMILES string of the molecule is CCCCOc1c(C)c(COc2ccc(CCC3CCOCC3)cn2)nc2ccccc12. The van der Waals surface area contributed by atoms with Crippen LogP contribution in [0, 0.1) is 12.8 Å². The number of hydrogen-bond donors (Lipinski definition) is 0. The molecule has 1 aliphatic rings. The molecule has 1 aliphatic heterocycles. The molecular formula is C27H34N2O3. The van der Waals surface area contributed by atoms with Gasteiger partial charge in [-0.3, -0.25) is 0 Å². The molecule has 1 saturated heterocycles. The van der Waals surface area contributed by atoms with Crippen molar-refractivity contribution in [3.63, 3.8) is 0 Å². The van der Waals surface area contributed by atoms with Crippen LogP contribution in [-0.2, 0) is 17.8 Å². The van der Waals surface area contributed by atoms with E-state index in [1.165, 1.54) is 24.8 Å². The molecule has 4 rings (SSSR count). The van der Waals surface area contributed by atoms with Gasteiger partial charge in [0.25, 0.3) is 0 Å². The highest BCUT2D eigenvalue weighted by molar-refractivity contribution is 5.86. The summed E-state index contributed by atoms with van der Waals surface area (Å²) in [6, 6.07) is 12.2. The standard InChI is InChI=1S/C27H34N2O3/c1-3-4-15-31-27-20(2)25(29-24-8-6-5-7-23(24)27)19-32-26-12-11-22(18-28-26)10-9-21-13-16-30-17-14-21/h5-8,11-12,18,21H,3-4,9-10,13-17,19H2,1-2H3. The maximum absolute atomic E-state index is 6.16. The fourth-order valence-corrected chi connectivity index (χ4v) is 4.16. The highest BCUT2D eigenvalue weighted by Gasteiger charge is 2.15. The van der Waals surface area contributed by atoms with E-state index in [0.29, 0.717) is 19.1 Å². The maximum Gasteiger partial charge on any atom is 0.213 e. The first-order valence-corrected chi connectivity index (χ1v) is 11.9. The Bertz CT molecular complexity index is 998. The Morgan fingerprint density at radius 2 is 1.91 bits per heavy atom. The molecular weight excluding hydrogens is 400 g/mol. The van der Waals surface area contributed by atoms with Gasteiger partial charge in [-0.15, -0.1) is 0 Å². The second-order valence-electron chi connectivity index (χ2n) is 8.62. The van der Waals surface area contributed by atoms with E-state index >= 15 is 0 Å². The first-order valence-electron chi connectivity index (χ1n) is 11.9. The minimum Gasteiger partial charge on any atom is -0.493 e. The quantitative estimate of drug-likeness (QED) is 0.363. The van der Waals surface area contributed by atoms with Crippen LogP contribution >= 0.6 is 0 Å². The summed E-state index contributed by atoms with van der Waals surface area (Å²) in [6.45, 7) is 7.12. The molecule has 2 aromatic heterocycles. The number of nitrogens with zero attached hydrogens (tertiary/aromatic N) is 2. The van der Waals surface area contributed by atoms with Crippen LogP contribution in [0.2, 0.25) is 0 Å². The topological polar surface area (TPSA) is 53.5 Å². The molecule has 32 heavy (non-hydrogen) atoms. The predicted octanol–water partition coefficient (Wildman–Crippen LogP) is 6.06. The molecule has 0 saturated carbocycles. The van der Waals surface area contributed by atoms with Crippen LogP contribution < -0.4 is 9.47 Å². The van der Waals surface area contributed by atoms with E-state index in [4.69, 9.17) is 19.2 Å². The Hall–Kier alpha value is -2.66. The zero-order valence-corrected chi connectivity index (χ0v) is 19.3. The number of fused-ring (bicyclic) bond motifs is 1. The molecule has 5 nitrogen and oxygen atoms in total. The average molecular weight is 435 g/mol. The number of benzene rings is 1. The van der Waals surface area contributed by atoms with E-state index in [1.54, 1.807) is 0 Å². The van der Waals surface area contributed by atoms with Crippen molar-refractivity contribution in [2.45, 2.75) is 59.0 Å². The first kappa shape index (κ1) is 22.5. The van der Waals surface area contributed by atoms with Crippen molar-refractivity contribution in [3.05, 3.63) is 59.4 Å². The molecule has 0 atom stereocenters. The number of hydrogen-bond acceptors (Lipinski definition) is 5. The summed E-state index contributed by atoms with van der Waals surface area (Å²) in [5.41, 5.74) is 4.11. The van der Waals surface area contributed by atoms with E-state index in [1.807, 2.05) is 30.5 Å². The number of ether oxygens (including phenoxy) is 3. The molecule has 0 aliphatic carbocycles. The Kier molecular flexibility index (Phi) is 7.94. The Balaban J connectivity index is 1.40. The van der Waals surface area contributed by atoms with Gasteiger partial charge in [0, 0.05) is 36.4 Å². The van der Waals surface area contributed by atoms with Gasteiger partial charge in [-0.2, -0.15) is 0 Å². The number of para-hydroxylation sites is 1. The third kappa shape index (κ3) is 5.77. The van der Waals surface area contributed by atoms with Crippen molar-refractivity contribution < 1.29 is 14.2 Å². The molecule has 1 aromatic carbocycles. The second-order valence-corrected chi connectivity index (χ2v) is 8.62. The number of aryl methyl sites for hydroxylation is 1. The van der Waals surface area contributed by atoms with E-state index in [0.717, 1.165) is 66.3 Å². The van der Waals surface area contributed by atoms with Crippen LogP contribution in [-0.4, -0.2) is 29.8 Å². The molecule has 0 radical (unpaired) electrons. The normalized spacial score (nSPS) is 14.6. The number of rotatable bonds is 10. The van der Waals surface area contributed by atoms with Gasteiger partial charge in [0.2, 0.25) is 5.88 Å². The fourth-order valence-electron chi connectivity index (χ4n) is 4.16. The molecule has 0 amide bonds. The monoisotopic (exact) mass is 434 g/mol. The van der Waals surface area contributed by atoms with Gasteiger partial charge in [0.1, 0.15) is 12.4 Å². The third-order valence-electron chi connectivity index (χ3n) is 6.26. The van der Waals surface area contributed by atoms with Crippen molar-refractivity contribution in [2.75, 3.05) is 19.8 Å². The minimum atomic E-state index is 0.370. The second kappa shape index (κ2) is 11.3. The lowest BCUT2D eigenvalue weighted by Crippen LogP contribution is -2.16. The minimum absolute atomic E-state index is 0.370. The van der Waals surface area contributed by atoms with Gasteiger partial charge in [-0.1, -0.05) is 31.5 Å². The molecule has 0 N–H and O–H groups in total. The lowest BCUT2D eigenvalue weighted by molar-refractivity contribution is 0.0640. The summed E-state index contributed by atoms with van der Waals surface area (Å²) in [5, 5.41) is 1.05. The van der Waals surface area contributed by atoms with Crippen molar-refractivity contribution in [1.82, 2.24) is 9.97 Å². The summed E-state index contributed by atoms with van der Waals surface area (Å²) in [4.78, 5) is 9.36. The zero-order chi connectivity index (χ0) is 22.2. The van der Waals surface area contributed by atoms with E-state index in [9.17, 15) is 0 Å². The lowest BCUT2D eigenvalue weighted by Gasteiger charge is -2.21. The molecule has 1 fully saturated rings. The summed E-state index contributed by atoms with van der Waals surface area (Å²) in [7, 11) is 0. The fraction of sp³-hybridized carbons (Fsp3) is 0.481. The highest BCUT2D eigenvalue weighted by atomic mass is 16.5. The van der Waals surface area contributed by atoms with Gasteiger partial charge >= 0.3 is 0 Å². The summed E-state index contributed by atoms with van der Waals surface area (Å²) < 4.78 is 17.6. The van der Waals surface area contributed by atoms with Crippen LogP contribution in [0.25, 0.3) is 10.9 Å². The van der Waals surface area contributed by atoms with Crippen LogP contribution in [0.15, 0.2) is 42.6 Å². The van der Waals surface area contributed by atoms with Gasteiger partial charge in [-0.25, -0.2) is 9.97 Å². The van der Waals surface area contributed by atoms with Crippen LogP contribution in [0.4, 0.5) is 0 Å². The Morgan fingerprint density at radius 1 is 1.06 bits per heavy atom. The smallest absolute Gasteiger partial charge is 0.213 e. The molecule has 170 valence electrons. The van der Waals surface area contributed by atoms with Crippen molar-refractivity contribution >= 4 is 10.9 Å². The first-order chi connectivity index (χ1) is 15.7. The largest absolute Gasteiger partial charge is 0.493 e. The van der Waals surface area contributed by atoms with Crippen molar-refractivity contribution in [2.24, 2.45) is 5.92 Å². The van der Waals surface area contributed by atoms with E-state index in [2.05, 4.69) is 31.0 Å². The zero-order valence-electron chi connectivity index (χ0n) is 19.3.